The molecule has 1 rings (SSSR count). The van der Waals surface area contributed by atoms with Gasteiger partial charge in [0.1, 0.15) is 4.60 Å². The van der Waals surface area contributed by atoms with E-state index in [-0.39, 0.29) is 4.60 Å². The molecule has 0 aliphatic rings. The maximum absolute atomic E-state index is 12.6. The summed E-state index contributed by atoms with van der Waals surface area (Å²) in [4.78, 5) is 3.22. The Morgan fingerprint density at radius 1 is 1.33 bits per heavy atom. The Kier molecular flexibility index (Phi) is 3.11. The molecule has 0 spiro atoms. The van der Waals surface area contributed by atoms with Gasteiger partial charge < -0.3 is 0 Å². The van der Waals surface area contributed by atoms with E-state index >= 15 is 0 Å². The highest BCUT2D eigenvalue weighted by Crippen LogP contribution is 2.28. The molecular formula is C6H2Br2F3N. The van der Waals surface area contributed by atoms with Crippen LogP contribution < -0.4 is 0 Å². The van der Waals surface area contributed by atoms with Crippen LogP contribution in [0, 0.1) is 5.95 Å². The first-order chi connectivity index (χ1) is 5.52. The predicted octanol–water partition coefficient (Wildman–Crippen LogP) is 3.68. The average molecular weight is 305 g/mol. The van der Waals surface area contributed by atoms with Crippen LogP contribution in [0.3, 0.4) is 0 Å². The van der Waals surface area contributed by atoms with Gasteiger partial charge in [-0.2, -0.15) is 4.39 Å². The zero-order chi connectivity index (χ0) is 9.30. The van der Waals surface area contributed by atoms with Crippen molar-refractivity contribution in [2.24, 2.45) is 0 Å². The fraction of sp³-hybridized carbons (Fsp3) is 0.167. The average Bonchev–Trinajstić information content (AvgIpc) is 1.96. The van der Waals surface area contributed by atoms with Crippen molar-refractivity contribution in [2.75, 3.05) is 0 Å². The van der Waals surface area contributed by atoms with Crippen molar-refractivity contribution in [3.63, 3.8) is 0 Å². The van der Waals surface area contributed by atoms with Gasteiger partial charge in [-0.1, -0.05) is 0 Å². The topological polar surface area (TPSA) is 12.9 Å². The van der Waals surface area contributed by atoms with Crippen LogP contribution in [0.4, 0.5) is 13.2 Å². The van der Waals surface area contributed by atoms with Gasteiger partial charge in [0.2, 0.25) is 5.95 Å². The van der Waals surface area contributed by atoms with Gasteiger partial charge in [0.25, 0.3) is 6.43 Å². The molecule has 1 heterocycles. The number of alkyl halides is 2. The third-order valence-corrected chi connectivity index (χ3v) is 2.89. The summed E-state index contributed by atoms with van der Waals surface area (Å²) in [7, 11) is 0. The molecule has 1 nitrogen and oxygen atoms in total. The van der Waals surface area contributed by atoms with Crippen molar-refractivity contribution in [1.82, 2.24) is 4.98 Å². The minimum atomic E-state index is -2.85. The van der Waals surface area contributed by atoms with Crippen molar-refractivity contribution in [2.45, 2.75) is 6.43 Å². The van der Waals surface area contributed by atoms with Crippen LogP contribution in [0.25, 0.3) is 0 Å². The van der Waals surface area contributed by atoms with Crippen LogP contribution in [0.5, 0.6) is 0 Å². The second-order valence-corrected chi connectivity index (χ2v) is 3.55. The van der Waals surface area contributed by atoms with E-state index in [1.54, 1.807) is 0 Å². The van der Waals surface area contributed by atoms with Crippen LogP contribution in [0.1, 0.15) is 12.0 Å². The van der Waals surface area contributed by atoms with E-state index in [0.717, 1.165) is 6.07 Å². The summed E-state index contributed by atoms with van der Waals surface area (Å²) in [5, 5.41) is 0. The first kappa shape index (κ1) is 9.98. The Hall–Kier alpha value is -0.100. The van der Waals surface area contributed by atoms with Crippen molar-refractivity contribution in [3.05, 3.63) is 26.7 Å². The fourth-order valence-electron chi connectivity index (χ4n) is 0.613. The number of pyridine rings is 1. The van der Waals surface area contributed by atoms with Gasteiger partial charge in [-0.15, -0.1) is 0 Å². The van der Waals surface area contributed by atoms with Crippen LogP contribution in [0.2, 0.25) is 0 Å². The van der Waals surface area contributed by atoms with Gasteiger partial charge in [0.05, 0.1) is 10.0 Å². The molecule has 1 aromatic rings. The van der Waals surface area contributed by atoms with E-state index in [1.807, 2.05) is 0 Å². The Balaban J connectivity index is 3.23. The largest absolute Gasteiger partial charge is 0.268 e. The minimum Gasteiger partial charge on any atom is -0.211 e. The van der Waals surface area contributed by atoms with E-state index in [9.17, 15) is 13.2 Å². The van der Waals surface area contributed by atoms with Crippen molar-refractivity contribution in [1.29, 1.82) is 0 Å². The van der Waals surface area contributed by atoms with Crippen molar-refractivity contribution in [3.8, 4) is 0 Å². The Morgan fingerprint density at radius 3 is 2.42 bits per heavy atom. The third kappa shape index (κ3) is 1.98. The number of nitrogens with zero attached hydrogens (tertiary/aromatic N) is 1. The number of hydrogen-bond acceptors (Lipinski definition) is 1. The Labute approximate surface area is 83.2 Å². The number of rotatable bonds is 1. The summed E-state index contributed by atoms with van der Waals surface area (Å²) in [5.74, 6) is -1.15. The van der Waals surface area contributed by atoms with Gasteiger partial charge in [0, 0.05) is 0 Å². The molecule has 0 saturated carbocycles. The molecule has 0 aliphatic heterocycles. The fourth-order valence-corrected chi connectivity index (χ4v) is 1.22. The number of halogens is 5. The molecule has 0 radical (unpaired) electrons. The lowest BCUT2D eigenvalue weighted by Gasteiger charge is -2.02. The molecule has 12 heavy (non-hydrogen) atoms. The van der Waals surface area contributed by atoms with Gasteiger partial charge in [0.15, 0.2) is 0 Å². The zero-order valence-corrected chi connectivity index (χ0v) is 8.66. The monoisotopic (exact) mass is 303 g/mol. The van der Waals surface area contributed by atoms with Crippen molar-refractivity contribution < 1.29 is 13.2 Å². The smallest absolute Gasteiger partial charge is 0.211 e. The first-order valence-electron chi connectivity index (χ1n) is 2.82. The van der Waals surface area contributed by atoms with Crippen molar-refractivity contribution >= 4 is 31.9 Å². The molecule has 0 atom stereocenters. The first-order valence-corrected chi connectivity index (χ1v) is 4.40. The molecule has 0 fully saturated rings. The lowest BCUT2D eigenvalue weighted by molar-refractivity contribution is 0.145. The van der Waals surface area contributed by atoms with Gasteiger partial charge in [-0.25, -0.2) is 13.8 Å². The molecular weight excluding hydrogens is 303 g/mol. The van der Waals surface area contributed by atoms with Crippen LogP contribution in [0.15, 0.2) is 15.1 Å². The second-order valence-electron chi connectivity index (χ2n) is 1.94. The Bertz CT molecular complexity index is 303. The highest BCUT2D eigenvalue weighted by molar-refractivity contribution is 9.13. The lowest BCUT2D eigenvalue weighted by atomic mass is 10.3. The highest BCUT2D eigenvalue weighted by atomic mass is 79.9. The van der Waals surface area contributed by atoms with E-state index in [4.69, 9.17) is 0 Å². The Morgan fingerprint density at radius 2 is 1.92 bits per heavy atom. The normalized spacial score (nSPS) is 10.8. The molecule has 0 amide bonds. The molecule has 1 aromatic heterocycles. The summed E-state index contributed by atoms with van der Waals surface area (Å²) in [5.41, 5.74) is -0.704. The molecule has 6 heteroatoms. The molecule has 66 valence electrons. The second kappa shape index (κ2) is 3.74. The number of hydrogen-bond donors (Lipinski definition) is 0. The predicted molar refractivity (Wildman–Crippen MR) is 44.6 cm³/mol. The van der Waals surface area contributed by atoms with Crippen LogP contribution in [-0.4, -0.2) is 4.98 Å². The molecule has 0 bridgehead atoms. The van der Waals surface area contributed by atoms with Crippen LogP contribution >= 0.6 is 31.9 Å². The summed E-state index contributed by atoms with van der Waals surface area (Å²) in [6.07, 6.45) is -2.85. The summed E-state index contributed by atoms with van der Waals surface area (Å²) in [6.45, 7) is 0. The molecule has 0 saturated heterocycles. The SMILES string of the molecule is Fc1nc(Br)c(Br)cc1C(F)F. The summed E-state index contributed by atoms with van der Waals surface area (Å²) in [6, 6.07) is 0.997. The van der Waals surface area contributed by atoms with Gasteiger partial charge in [-0.05, 0) is 37.9 Å². The third-order valence-electron chi connectivity index (χ3n) is 1.15. The minimum absolute atomic E-state index is 0.171. The van der Waals surface area contributed by atoms with E-state index in [2.05, 4.69) is 36.8 Å². The molecule has 0 N–H and O–H groups in total. The zero-order valence-electron chi connectivity index (χ0n) is 5.49. The standard InChI is InChI=1S/C6H2Br2F3N/c7-3-1-2(5(9)10)6(11)12-4(3)8/h1,5H. The van der Waals surface area contributed by atoms with E-state index in [0.29, 0.717) is 4.47 Å². The van der Waals surface area contributed by atoms with Crippen LogP contribution in [-0.2, 0) is 0 Å². The van der Waals surface area contributed by atoms with Gasteiger partial charge >= 0.3 is 0 Å². The highest BCUT2D eigenvalue weighted by Gasteiger charge is 2.16. The summed E-state index contributed by atoms with van der Waals surface area (Å²) >= 11 is 5.83. The maximum Gasteiger partial charge on any atom is 0.268 e. The van der Waals surface area contributed by atoms with E-state index < -0.39 is 17.9 Å². The molecule has 0 aliphatic carbocycles. The lowest BCUT2D eigenvalue weighted by Crippen LogP contribution is -1.95. The van der Waals surface area contributed by atoms with Gasteiger partial charge in [-0.3, -0.25) is 0 Å². The molecule has 0 aromatic carbocycles. The van der Waals surface area contributed by atoms with E-state index in [1.165, 1.54) is 0 Å². The molecule has 0 unspecified atom stereocenters. The quantitative estimate of drug-likeness (QED) is 0.721. The number of aromatic nitrogens is 1. The maximum atomic E-state index is 12.6. The summed E-state index contributed by atoms with van der Waals surface area (Å²) < 4.78 is 37.2.